The summed E-state index contributed by atoms with van der Waals surface area (Å²) < 4.78 is 5.39. The molecule has 0 spiro atoms. The smallest absolute Gasteiger partial charge is 0.119 e. The molecular formula is C18H30N2O. The molecule has 1 N–H and O–H groups in total. The molecule has 1 unspecified atom stereocenters. The van der Waals surface area contributed by atoms with E-state index in [0.717, 1.165) is 5.75 Å². The van der Waals surface area contributed by atoms with E-state index in [0.29, 0.717) is 6.04 Å². The van der Waals surface area contributed by atoms with Crippen LogP contribution in [0.25, 0.3) is 0 Å². The fourth-order valence-electron chi connectivity index (χ4n) is 3.58. The van der Waals surface area contributed by atoms with Crippen molar-refractivity contribution in [3.63, 3.8) is 0 Å². The van der Waals surface area contributed by atoms with Crippen molar-refractivity contribution >= 4 is 0 Å². The zero-order chi connectivity index (χ0) is 15.3. The molecule has 1 aromatic rings. The highest BCUT2D eigenvalue weighted by molar-refractivity contribution is 5.32. The molecule has 0 amide bonds. The second-order valence-corrected chi connectivity index (χ2v) is 6.55. The van der Waals surface area contributed by atoms with Crippen molar-refractivity contribution in [2.24, 2.45) is 0 Å². The number of likely N-dealkylation sites (N-methyl/N-ethyl adjacent to an activating group) is 1. The number of nitrogens with one attached hydrogen (secondary N) is 1. The monoisotopic (exact) mass is 290 g/mol. The Morgan fingerprint density at radius 2 is 1.81 bits per heavy atom. The number of hydrogen-bond acceptors (Lipinski definition) is 3. The minimum Gasteiger partial charge on any atom is -0.497 e. The molecule has 0 saturated carbocycles. The van der Waals surface area contributed by atoms with Crippen molar-refractivity contribution in [3.8, 4) is 5.75 Å². The lowest BCUT2D eigenvalue weighted by atomic mass is 9.86. The van der Waals surface area contributed by atoms with E-state index < -0.39 is 0 Å². The largest absolute Gasteiger partial charge is 0.497 e. The van der Waals surface area contributed by atoms with Crippen molar-refractivity contribution in [3.05, 3.63) is 29.8 Å². The van der Waals surface area contributed by atoms with Crippen LogP contribution in [0.5, 0.6) is 5.75 Å². The molecule has 1 aliphatic rings. The predicted octanol–water partition coefficient (Wildman–Crippen LogP) is 3.61. The second-order valence-electron chi connectivity index (χ2n) is 6.55. The number of likely N-dealkylation sites (tertiary alicyclic amines) is 1. The third-order valence-electron chi connectivity index (χ3n) is 4.84. The van der Waals surface area contributed by atoms with Crippen LogP contribution in [0.1, 0.15) is 51.1 Å². The molecule has 0 aromatic heterocycles. The molecule has 1 aliphatic heterocycles. The Morgan fingerprint density at radius 3 is 2.38 bits per heavy atom. The van der Waals surface area contributed by atoms with Gasteiger partial charge in [0, 0.05) is 5.54 Å². The van der Waals surface area contributed by atoms with Crippen LogP contribution < -0.4 is 10.1 Å². The molecule has 118 valence electrons. The Morgan fingerprint density at radius 1 is 1.14 bits per heavy atom. The Labute approximate surface area is 129 Å². The molecule has 0 aliphatic carbocycles. The summed E-state index contributed by atoms with van der Waals surface area (Å²) in [5.41, 5.74) is 1.39. The normalized spacial score (nSPS) is 19.0. The van der Waals surface area contributed by atoms with Crippen LogP contribution >= 0.6 is 0 Å². The van der Waals surface area contributed by atoms with Gasteiger partial charge in [0.15, 0.2) is 0 Å². The first kappa shape index (κ1) is 16.3. The van der Waals surface area contributed by atoms with Gasteiger partial charge in [-0.15, -0.1) is 0 Å². The van der Waals surface area contributed by atoms with E-state index >= 15 is 0 Å². The molecule has 1 aromatic carbocycles. The second kappa shape index (κ2) is 7.28. The van der Waals surface area contributed by atoms with Gasteiger partial charge in [0.05, 0.1) is 13.2 Å². The minimum atomic E-state index is 0.0887. The van der Waals surface area contributed by atoms with Crippen molar-refractivity contribution in [1.29, 1.82) is 0 Å². The Balaban J connectivity index is 2.24. The van der Waals surface area contributed by atoms with Gasteiger partial charge in [0.25, 0.3) is 0 Å². The Kier molecular flexibility index (Phi) is 5.65. The summed E-state index contributed by atoms with van der Waals surface area (Å²) in [5, 5.41) is 3.53. The van der Waals surface area contributed by atoms with Crippen LogP contribution in [-0.2, 0) is 0 Å². The third-order valence-corrected chi connectivity index (χ3v) is 4.84. The fourth-order valence-corrected chi connectivity index (χ4v) is 3.58. The van der Waals surface area contributed by atoms with E-state index in [9.17, 15) is 0 Å². The van der Waals surface area contributed by atoms with E-state index in [1.807, 2.05) is 6.07 Å². The summed E-state index contributed by atoms with van der Waals surface area (Å²) in [6.07, 6.45) is 5.38. The van der Waals surface area contributed by atoms with E-state index in [2.05, 4.69) is 49.3 Å². The third kappa shape index (κ3) is 3.78. The van der Waals surface area contributed by atoms with E-state index in [4.69, 9.17) is 4.74 Å². The zero-order valence-electron chi connectivity index (χ0n) is 14.0. The molecule has 1 fully saturated rings. The first-order chi connectivity index (χ1) is 10.1. The van der Waals surface area contributed by atoms with Gasteiger partial charge in [0.1, 0.15) is 5.75 Å². The van der Waals surface area contributed by atoms with Gasteiger partial charge in [-0.05, 0) is 64.5 Å². The lowest BCUT2D eigenvalue weighted by Gasteiger charge is -2.44. The lowest BCUT2D eigenvalue weighted by Crippen LogP contribution is -2.52. The molecule has 3 heteroatoms. The highest BCUT2D eigenvalue weighted by Gasteiger charge is 2.35. The molecule has 0 radical (unpaired) electrons. The van der Waals surface area contributed by atoms with Crippen molar-refractivity contribution in [2.75, 3.05) is 27.2 Å². The highest BCUT2D eigenvalue weighted by atomic mass is 16.5. The number of rotatable bonds is 5. The van der Waals surface area contributed by atoms with Crippen LogP contribution in [0.2, 0.25) is 0 Å². The van der Waals surface area contributed by atoms with Crippen LogP contribution in [0.3, 0.4) is 0 Å². The Hall–Kier alpha value is -1.06. The van der Waals surface area contributed by atoms with Gasteiger partial charge in [-0.2, -0.15) is 0 Å². The molecule has 1 heterocycles. The average molecular weight is 290 g/mol. The number of nitrogens with zero attached hydrogens (tertiary/aromatic N) is 1. The summed E-state index contributed by atoms with van der Waals surface area (Å²) in [4.78, 5) is 2.65. The average Bonchev–Trinajstić information content (AvgIpc) is 2.77. The maximum atomic E-state index is 5.39. The lowest BCUT2D eigenvalue weighted by molar-refractivity contribution is 0.0864. The van der Waals surface area contributed by atoms with E-state index in [-0.39, 0.29) is 5.54 Å². The number of benzene rings is 1. The SMILES string of the molecule is CNC(c1cccc(OC)c1)C(C)(C)N1CCCCCC1. The summed E-state index contributed by atoms with van der Waals surface area (Å²) in [7, 11) is 3.79. The number of methoxy groups -OCH3 is 1. The van der Waals surface area contributed by atoms with Crippen molar-refractivity contribution in [2.45, 2.75) is 51.1 Å². The number of hydrogen-bond donors (Lipinski definition) is 1. The Bertz CT molecular complexity index is 437. The summed E-state index contributed by atoms with van der Waals surface area (Å²) >= 11 is 0. The maximum Gasteiger partial charge on any atom is 0.119 e. The van der Waals surface area contributed by atoms with Gasteiger partial charge in [-0.25, -0.2) is 0 Å². The maximum absolute atomic E-state index is 5.39. The van der Waals surface area contributed by atoms with Gasteiger partial charge < -0.3 is 10.1 Å². The summed E-state index contributed by atoms with van der Waals surface area (Å²) in [6.45, 7) is 7.13. The van der Waals surface area contributed by atoms with Gasteiger partial charge in [-0.1, -0.05) is 25.0 Å². The molecule has 21 heavy (non-hydrogen) atoms. The van der Waals surface area contributed by atoms with Crippen LogP contribution in [0.15, 0.2) is 24.3 Å². The zero-order valence-corrected chi connectivity index (χ0v) is 14.0. The minimum absolute atomic E-state index is 0.0887. The molecule has 0 bridgehead atoms. The molecule has 1 saturated heterocycles. The van der Waals surface area contributed by atoms with E-state index in [1.165, 1.54) is 44.3 Å². The fraction of sp³-hybridized carbons (Fsp3) is 0.667. The van der Waals surface area contributed by atoms with Crippen LogP contribution in [0.4, 0.5) is 0 Å². The topological polar surface area (TPSA) is 24.5 Å². The molecular weight excluding hydrogens is 260 g/mol. The summed E-state index contributed by atoms with van der Waals surface area (Å²) in [6, 6.07) is 8.74. The van der Waals surface area contributed by atoms with Crippen LogP contribution in [0, 0.1) is 0 Å². The van der Waals surface area contributed by atoms with Crippen LogP contribution in [-0.4, -0.2) is 37.7 Å². The van der Waals surface area contributed by atoms with Crippen molar-refractivity contribution < 1.29 is 4.74 Å². The highest BCUT2D eigenvalue weighted by Crippen LogP contribution is 2.33. The first-order valence-corrected chi connectivity index (χ1v) is 8.16. The van der Waals surface area contributed by atoms with Gasteiger partial charge in [-0.3, -0.25) is 4.90 Å². The molecule has 3 nitrogen and oxygen atoms in total. The summed E-state index contributed by atoms with van der Waals surface area (Å²) in [5.74, 6) is 0.930. The van der Waals surface area contributed by atoms with E-state index in [1.54, 1.807) is 7.11 Å². The predicted molar refractivity (Wildman–Crippen MR) is 88.9 cm³/mol. The van der Waals surface area contributed by atoms with Gasteiger partial charge in [0.2, 0.25) is 0 Å². The van der Waals surface area contributed by atoms with Crippen molar-refractivity contribution in [1.82, 2.24) is 10.2 Å². The number of ether oxygens (including phenoxy) is 1. The quantitative estimate of drug-likeness (QED) is 0.896. The standard InChI is InChI=1S/C18H30N2O/c1-18(2,20-12-7-5-6-8-13-20)17(19-3)15-10-9-11-16(14-15)21-4/h9-11,14,17,19H,5-8,12-13H2,1-4H3. The molecule has 1 atom stereocenters. The molecule has 2 rings (SSSR count). The van der Waals surface area contributed by atoms with Gasteiger partial charge >= 0.3 is 0 Å². The first-order valence-electron chi connectivity index (χ1n) is 8.16.